The van der Waals surface area contributed by atoms with E-state index in [1.807, 2.05) is 29.1 Å². The van der Waals surface area contributed by atoms with Crippen LogP contribution >= 0.6 is 23.2 Å². The highest BCUT2D eigenvalue weighted by atomic mass is 35.5. The maximum Gasteiger partial charge on any atom is 0.259 e. The van der Waals surface area contributed by atoms with Crippen LogP contribution < -0.4 is 0 Å². The van der Waals surface area contributed by atoms with Gasteiger partial charge < -0.3 is 9.47 Å². The number of rotatable bonds is 4. The Bertz CT molecular complexity index is 1180. The topological polar surface area (TPSA) is 80.4 Å². The fraction of sp³-hybridized carbons (Fsp3) is 0.263. The van der Waals surface area contributed by atoms with E-state index >= 15 is 0 Å². The van der Waals surface area contributed by atoms with Gasteiger partial charge in [-0.1, -0.05) is 23.2 Å². The number of sulfonamides is 1. The van der Waals surface area contributed by atoms with Gasteiger partial charge in [0.25, 0.3) is 5.91 Å². The van der Waals surface area contributed by atoms with Gasteiger partial charge in [-0.05, 0) is 30.3 Å². The quantitative estimate of drug-likeness (QED) is 0.590. The number of hydrogen-bond acceptors (Lipinski definition) is 4. The molecule has 0 radical (unpaired) electrons. The Hall–Kier alpha value is -2.33. The highest BCUT2D eigenvalue weighted by Crippen LogP contribution is 2.27. The van der Waals surface area contributed by atoms with Crippen LogP contribution in [-0.2, 0) is 17.1 Å². The first-order chi connectivity index (χ1) is 14.3. The Kier molecular flexibility index (Phi) is 5.63. The second-order valence-corrected chi connectivity index (χ2v) is 9.62. The molecule has 1 aliphatic rings. The molecule has 0 saturated carbocycles. The zero-order valence-electron chi connectivity index (χ0n) is 16.1. The van der Waals surface area contributed by atoms with E-state index in [1.165, 1.54) is 28.7 Å². The van der Waals surface area contributed by atoms with Crippen molar-refractivity contribution < 1.29 is 13.2 Å². The molecular weight excluding hydrogens is 449 g/mol. The summed E-state index contributed by atoms with van der Waals surface area (Å²) in [5.41, 5.74) is 0.467. The zero-order valence-corrected chi connectivity index (χ0v) is 18.4. The molecule has 1 aromatic carbocycles. The Morgan fingerprint density at radius 2 is 1.70 bits per heavy atom. The highest BCUT2D eigenvalue weighted by molar-refractivity contribution is 7.89. The normalized spacial score (nSPS) is 15.5. The molecule has 0 spiro atoms. The number of carbonyl (C=O) groups excluding carboxylic acids is 1. The van der Waals surface area contributed by atoms with E-state index in [9.17, 15) is 13.2 Å². The van der Waals surface area contributed by atoms with Crippen LogP contribution in [0.2, 0.25) is 10.0 Å². The van der Waals surface area contributed by atoms with Crippen LogP contribution in [-0.4, -0.2) is 64.1 Å². The number of piperazine rings is 1. The molecule has 1 aliphatic heterocycles. The lowest BCUT2D eigenvalue weighted by atomic mass is 10.2. The van der Waals surface area contributed by atoms with Crippen molar-refractivity contribution in [3.63, 3.8) is 0 Å². The van der Waals surface area contributed by atoms with Gasteiger partial charge in [-0.25, -0.2) is 8.42 Å². The molecule has 1 amide bonds. The van der Waals surface area contributed by atoms with E-state index in [0.29, 0.717) is 16.4 Å². The minimum atomic E-state index is -3.72. The molecule has 158 valence electrons. The van der Waals surface area contributed by atoms with E-state index in [4.69, 9.17) is 23.2 Å². The average molecular weight is 468 g/mol. The molecule has 3 heterocycles. The summed E-state index contributed by atoms with van der Waals surface area (Å²) >= 11 is 11.9. The molecule has 1 fully saturated rings. The summed E-state index contributed by atoms with van der Waals surface area (Å²) in [7, 11) is -1.95. The molecule has 8 nitrogen and oxygen atoms in total. The van der Waals surface area contributed by atoms with Gasteiger partial charge in [0.05, 0.1) is 21.1 Å². The lowest BCUT2D eigenvalue weighted by Gasteiger charge is -2.34. The fourth-order valence-corrected chi connectivity index (χ4v) is 5.26. The first-order valence-electron chi connectivity index (χ1n) is 9.19. The summed E-state index contributed by atoms with van der Waals surface area (Å²) in [6, 6.07) is 7.97. The maximum absolute atomic E-state index is 13.1. The largest absolute Gasteiger partial charge is 0.336 e. The van der Waals surface area contributed by atoms with Crippen LogP contribution in [0.25, 0.3) is 5.82 Å². The first-order valence-corrected chi connectivity index (χ1v) is 11.4. The monoisotopic (exact) mass is 467 g/mol. The Labute approximate surface area is 184 Å². The van der Waals surface area contributed by atoms with Crippen molar-refractivity contribution in [1.29, 1.82) is 0 Å². The second-order valence-electron chi connectivity index (χ2n) is 6.87. The number of aryl methyl sites for hydroxylation is 1. The van der Waals surface area contributed by atoms with Gasteiger partial charge in [-0.15, -0.1) is 0 Å². The number of carbonyl (C=O) groups is 1. The van der Waals surface area contributed by atoms with Gasteiger partial charge >= 0.3 is 0 Å². The van der Waals surface area contributed by atoms with Gasteiger partial charge in [-0.2, -0.15) is 9.40 Å². The van der Waals surface area contributed by atoms with E-state index in [1.54, 1.807) is 16.6 Å². The van der Waals surface area contributed by atoms with Gasteiger partial charge in [-0.3, -0.25) is 9.48 Å². The molecule has 11 heteroatoms. The summed E-state index contributed by atoms with van der Waals surface area (Å²) in [6.45, 7) is 0.930. The lowest BCUT2D eigenvalue weighted by molar-refractivity contribution is 0.0698. The van der Waals surface area contributed by atoms with Crippen LogP contribution in [0.5, 0.6) is 0 Å². The summed E-state index contributed by atoms with van der Waals surface area (Å²) in [5, 5.41) is 4.69. The average Bonchev–Trinajstić information content (AvgIpc) is 3.39. The third kappa shape index (κ3) is 3.74. The highest BCUT2D eigenvalue weighted by Gasteiger charge is 2.32. The van der Waals surface area contributed by atoms with Crippen LogP contribution in [0.4, 0.5) is 0 Å². The first kappa shape index (κ1) is 20.9. The minimum Gasteiger partial charge on any atom is -0.336 e. The van der Waals surface area contributed by atoms with Crippen molar-refractivity contribution >= 4 is 39.1 Å². The summed E-state index contributed by atoms with van der Waals surface area (Å²) in [4.78, 5) is 14.8. The fourth-order valence-electron chi connectivity index (χ4n) is 3.45. The number of amides is 1. The SMILES string of the molecule is Cn1ncc(C(=O)N2CCN(S(=O)(=O)c3ccc(Cl)c(Cl)c3)CC2)c1-n1cccc1. The number of benzene rings is 1. The predicted octanol–water partition coefficient (Wildman–Crippen LogP) is 2.66. The van der Waals surface area contributed by atoms with Gasteiger partial charge in [0, 0.05) is 45.6 Å². The Morgan fingerprint density at radius 1 is 1.03 bits per heavy atom. The molecule has 3 aromatic rings. The number of hydrogen-bond donors (Lipinski definition) is 0. The minimum absolute atomic E-state index is 0.0822. The molecule has 30 heavy (non-hydrogen) atoms. The zero-order chi connectivity index (χ0) is 21.5. The molecular formula is C19H19Cl2N5O3S. The van der Waals surface area contributed by atoms with Crippen LogP contribution in [0, 0.1) is 0 Å². The third-order valence-electron chi connectivity index (χ3n) is 5.04. The van der Waals surface area contributed by atoms with E-state index in [-0.39, 0.29) is 42.0 Å². The Balaban J connectivity index is 1.50. The Morgan fingerprint density at radius 3 is 2.33 bits per heavy atom. The maximum atomic E-state index is 13.1. The van der Waals surface area contributed by atoms with E-state index in [0.717, 1.165) is 0 Å². The molecule has 4 rings (SSSR count). The summed E-state index contributed by atoms with van der Waals surface area (Å²) in [5.74, 6) is 0.481. The molecule has 2 aromatic heterocycles. The van der Waals surface area contributed by atoms with E-state index < -0.39 is 10.0 Å². The van der Waals surface area contributed by atoms with E-state index in [2.05, 4.69) is 5.10 Å². The van der Waals surface area contributed by atoms with Gasteiger partial charge in [0.15, 0.2) is 0 Å². The molecule has 0 unspecified atom stereocenters. The molecule has 0 bridgehead atoms. The summed E-state index contributed by atoms with van der Waals surface area (Å²) < 4.78 is 30.6. The van der Waals surface area contributed by atoms with Crippen molar-refractivity contribution in [2.24, 2.45) is 7.05 Å². The summed E-state index contributed by atoms with van der Waals surface area (Å²) in [6.07, 6.45) is 5.22. The van der Waals surface area contributed by atoms with Crippen molar-refractivity contribution in [1.82, 2.24) is 23.6 Å². The third-order valence-corrected chi connectivity index (χ3v) is 7.68. The molecule has 0 aliphatic carbocycles. The van der Waals surface area contributed by atoms with Crippen molar-refractivity contribution in [3.05, 3.63) is 64.5 Å². The van der Waals surface area contributed by atoms with Crippen LogP contribution in [0.1, 0.15) is 10.4 Å². The number of halogens is 2. The molecule has 0 atom stereocenters. The van der Waals surface area contributed by atoms with Crippen LogP contribution in [0.15, 0.2) is 53.8 Å². The number of nitrogens with zero attached hydrogens (tertiary/aromatic N) is 5. The standard InChI is InChI=1S/C19H19Cl2N5O3S/c1-23-18(24-6-2-3-7-24)15(13-22-23)19(27)25-8-10-26(11-9-25)30(28,29)14-4-5-16(20)17(21)12-14/h2-7,12-13H,8-11H2,1H3. The van der Waals surface area contributed by atoms with Gasteiger partial charge in [0.2, 0.25) is 10.0 Å². The number of aromatic nitrogens is 3. The van der Waals surface area contributed by atoms with Gasteiger partial charge in [0.1, 0.15) is 11.4 Å². The molecule has 0 N–H and O–H groups in total. The molecule has 1 saturated heterocycles. The second kappa shape index (κ2) is 8.07. The predicted molar refractivity (Wildman–Crippen MR) is 114 cm³/mol. The van der Waals surface area contributed by atoms with Crippen LogP contribution in [0.3, 0.4) is 0 Å². The smallest absolute Gasteiger partial charge is 0.259 e. The van der Waals surface area contributed by atoms with Crippen molar-refractivity contribution in [2.75, 3.05) is 26.2 Å². The lowest BCUT2D eigenvalue weighted by Crippen LogP contribution is -2.50. The van der Waals surface area contributed by atoms with Crippen molar-refractivity contribution in [3.8, 4) is 5.82 Å². The van der Waals surface area contributed by atoms with Crippen molar-refractivity contribution in [2.45, 2.75) is 4.90 Å².